The normalized spacial score (nSPS) is 24.1. The summed E-state index contributed by atoms with van der Waals surface area (Å²) in [5.41, 5.74) is 4.12. The Balaban J connectivity index is 1.50. The number of piperazine rings is 1. The van der Waals surface area contributed by atoms with Gasteiger partial charge in [-0.2, -0.15) is 5.10 Å². The number of pyridine rings is 1. The number of hydrogen-bond donors (Lipinski definition) is 0. The van der Waals surface area contributed by atoms with Crippen LogP contribution in [-0.4, -0.2) is 51.0 Å². The van der Waals surface area contributed by atoms with Crippen LogP contribution >= 0.6 is 0 Å². The highest BCUT2D eigenvalue weighted by Gasteiger charge is 2.34. The highest BCUT2D eigenvalue weighted by molar-refractivity contribution is 5.88. The number of benzene rings is 1. The van der Waals surface area contributed by atoms with E-state index in [1.165, 1.54) is 5.56 Å². The fourth-order valence-corrected chi connectivity index (χ4v) is 5.56. The molecule has 0 spiro atoms. The zero-order valence-corrected chi connectivity index (χ0v) is 20.7. The van der Waals surface area contributed by atoms with Gasteiger partial charge in [-0.05, 0) is 37.7 Å². The van der Waals surface area contributed by atoms with Crippen molar-refractivity contribution < 1.29 is 4.74 Å². The number of hydrogen-bond acceptors (Lipinski definition) is 5. The lowest BCUT2D eigenvalue weighted by Crippen LogP contribution is -2.58. The molecule has 34 heavy (non-hydrogen) atoms. The predicted molar refractivity (Wildman–Crippen MR) is 136 cm³/mol. The van der Waals surface area contributed by atoms with E-state index in [0.29, 0.717) is 12.1 Å². The first-order valence-electron chi connectivity index (χ1n) is 12.8. The van der Waals surface area contributed by atoms with Crippen LogP contribution in [0.3, 0.4) is 0 Å². The quantitative estimate of drug-likeness (QED) is 0.545. The molecule has 1 unspecified atom stereocenters. The maximum atomic E-state index is 13.0. The van der Waals surface area contributed by atoms with Crippen molar-refractivity contribution >= 4 is 16.7 Å². The van der Waals surface area contributed by atoms with Gasteiger partial charge in [0.2, 0.25) is 0 Å². The molecule has 7 nitrogen and oxygen atoms in total. The van der Waals surface area contributed by atoms with Crippen molar-refractivity contribution in [1.29, 1.82) is 0 Å². The van der Waals surface area contributed by atoms with Crippen molar-refractivity contribution in [2.45, 2.75) is 70.8 Å². The molecule has 0 radical (unpaired) electrons. The van der Waals surface area contributed by atoms with Crippen LogP contribution in [-0.2, 0) is 18.3 Å². The number of fused-ring (bicyclic) bond motifs is 1. The second-order valence-electron chi connectivity index (χ2n) is 9.78. The Morgan fingerprint density at radius 3 is 2.56 bits per heavy atom. The lowest BCUT2D eigenvalue weighted by atomic mass is 10.00. The summed E-state index contributed by atoms with van der Waals surface area (Å²) in [4.78, 5) is 18.1. The molecule has 0 aliphatic carbocycles. The van der Waals surface area contributed by atoms with E-state index in [0.717, 1.165) is 75.1 Å². The Morgan fingerprint density at radius 2 is 1.85 bits per heavy atom. The topological polar surface area (TPSA) is 55.5 Å². The predicted octanol–water partition coefficient (Wildman–Crippen LogP) is 4.31. The number of rotatable bonds is 6. The molecule has 0 saturated carbocycles. The number of aryl methyl sites for hydroxylation is 1. The van der Waals surface area contributed by atoms with Gasteiger partial charge in [0.25, 0.3) is 5.56 Å². The first kappa shape index (κ1) is 23.1. The number of anilines is 1. The van der Waals surface area contributed by atoms with Crippen molar-refractivity contribution in [3.8, 4) is 0 Å². The summed E-state index contributed by atoms with van der Waals surface area (Å²) in [7, 11) is 1.84. The van der Waals surface area contributed by atoms with E-state index < -0.39 is 0 Å². The Labute approximate surface area is 201 Å². The van der Waals surface area contributed by atoms with Gasteiger partial charge >= 0.3 is 0 Å². The van der Waals surface area contributed by atoms with Crippen LogP contribution in [0.1, 0.15) is 57.7 Å². The van der Waals surface area contributed by atoms with E-state index in [1.54, 1.807) is 10.6 Å². The molecule has 3 aromatic rings. The third kappa shape index (κ3) is 4.39. The maximum absolute atomic E-state index is 13.0. The van der Waals surface area contributed by atoms with Crippen molar-refractivity contribution in [2.24, 2.45) is 7.05 Å². The van der Waals surface area contributed by atoms with Crippen molar-refractivity contribution in [2.75, 3.05) is 24.6 Å². The van der Waals surface area contributed by atoms with Crippen LogP contribution < -0.4 is 10.5 Å². The largest absolute Gasteiger partial charge is 0.364 e. The summed E-state index contributed by atoms with van der Waals surface area (Å²) < 4.78 is 9.65. The molecule has 2 aromatic heterocycles. The summed E-state index contributed by atoms with van der Waals surface area (Å²) in [5.74, 6) is 0. The molecule has 2 saturated heterocycles. The fraction of sp³-hybridized carbons (Fsp3) is 0.556. The van der Waals surface area contributed by atoms with Crippen molar-refractivity contribution in [1.82, 2.24) is 19.2 Å². The molecule has 182 valence electrons. The Morgan fingerprint density at radius 1 is 1.06 bits per heavy atom. The summed E-state index contributed by atoms with van der Waals surface area (Å²) >= 11 is 0. The van der Waals surface area contributed by atoms with Gasteiger partial charge in [-0.1, -0.05) is 44.2 Å². The average Bonchev–Trinajstić information content (AvgIpc) is 3.33. The summed E-state index contributed by atoms with van der Waals surface area (Å²) in [6.07, 6.45) is 7.25. The van der Waals surface area contributed by atoms with Crippen LogP contribution in [0.2, 0.25) is 0 Å². The van der Waals surface area contributed by atoms with Crippen molar-refractivity contribution in [3.05, 3.63) is 58.5 Å². The fourth-order valence-electron chi connectivity index (χ4n) is 5.56. The Bertz CT molecular complexity index is 1160. The molecule has 2 fully saturated rings. The van der Waals surface area contributed by atoms with Crippen LogP contribution in [0.4, 0.5) is 5.69 Å². The number of nitrogens with zero attached hydrogens (tertiary/aromatic N) is 5. The standard InChI is InChI=1S/C27H37N5O2/c1-4-21-18-31(22(5-2)17-30(21)16-20-11-7-6-8-12-20)23-15-25(33)29(3)24-19-32(28-27(23)24)26-13-9-10-14-34-26/h6-8,11-12,15,19,21-22,26H,4-5,9-10,13-14,16-18H2,1-3H3/t21-,22+,26?/m1/s1. The average molecular weight is 464 g/mol. The van der Waals surface area contributed by atoms with Gasteiger partial charge in [0.05, 0.1) is 17.4 Å². The van der Waals surface area contributed by atoms with E-state index in [1.807, 2.05) is 17.9 Å². The number of ether oxygens (including phenoxy) is 1. The molecule has 0 N–H and O–H groups in total. The molecule has 2 aliphatic heterocycles. The second kappa shape index (κ2) is 9.92. The van der Waals surface area contributed by atoms with Gasteiger partial charge in [0.1, 0.15) is 11.7 Å². The van der Waals surface area contributed by atoms with Crippen LogP contribution in [0.15, 0.2) is 47.4 Å². The minimum absolute atomic E-state index is 0.0150. The monoisotopic (exact) mass is 463 g/mol. The van der Waals surface area contributed by atoms with Crippen LogP contribution in [0.5, 0.6) is 0 Å². The minimum atomic E-state index is -0.0443. The zero-order chi connectivity index (χ0) is 23.7. The van der Waals surface area contributed by atoms with E-state index in [9.17, 15) is 4.79 Å². The van der Waals surface area contributed by atoms with Crippen LogP contribution in [0, 0.1) is 0 Å². The van der Waals surface area contributed by atoms with Gasteiger partial charge in [-0.3, -0.25) is 9.69 Å². The maximum Gasteiger partial charge on any atom is 0.252 e. The van der Waals surface area contributed by atoms with Gasteiger partial charge in [-0.25, -0.2) is 4.68 Å². The molecule has 5 rings (SSSR count). The minimum Gasteiger partial charge on any atom is -0.364 e. The van der Waals surface area contributed by atoms with E-state index >= 15 is 0 Å². The lowest BCUT2D eigenvalue weighted by Gasteiger charge is -2.47. The molecule has 1 aromatic carbocycles. The van der Waals surface area contributed by atoms with E-state index in [-0.39, 0.29) is 11.8 Å². The highest BCUT2D eigenvalue weighted by Crippen LogP contribution is 2.32. The molecular weight excluding hydrogens is 426 g/mol. The molecule has 7 heteroatoms. The van der Waals surface area contributed by atoms with Crippen LogP contribution in [0.25, 0.3) is 11.0 Å². The SMILES string of the molecule is CC[C@@H]1CN(c2cc(=O)n(C)c3cn(C4CCCCO4)nc23)[C@@H](CC)CN1Cc1ccccc1. The molecule has 4 heterocycles. The molecule has 2 aliphatic rings. The van der Waals surface area contributed by atoms with Gasteiger partial charge in [0.15, 0.2) is 0 Å². The molecule has 3 atom stereocenters. The lowest BCUT2D eigenvalue weighted by molar-refractivity contribution is -0.0390. The first-order valence-corrected chi connectivity index (χ1v) is 12.8. The molecular formula is C27H37N5O2. The smallest absolute Gasteiger partial charge is 0.252 e. The third-order valence-electron chi connectivity index (χ3n) is 7.65. The second-order valence-corrected chi connectivity index (χ2v) is 9.78. The third-order valence-corrected chi connectivity index (χ3v) is 7.65. The highest BCUT2D eigenvalue weighted by atomic mass is 16.5. The Hall–Kier alpha value is -2.64. The molecule has 0 bridgehead atoms. The van der Waals surface area contributed by atoms with E-state index in [2.05, 4.69) is 54.0 Å². The summed E-state index contributed by atoms with van der Waals surface area (Å²) in [5, 5.41) is 5.00. The summed E-state index contributed by atoms with van der Waals surface area (Å²) in [6, 6.07) is 13.3. The summed E-state index contributed by atoms with van der Waals surface area (Å²) in [6.45, 7) is 8.12. The van der Waals surface area contributed by atoms with E-state index in [4.69, 9.17) is 9.84 Å². The van der Waals surface area contributed by atoms with Crippen molar-refractivity contribution in [3.63, 3.8) is 0 Å². The van der Waals surface area contributed by atoms with Gasteiger partial charge < -0.3 is 14.2 Å². The zero-order valence-electron chi connectivity index (χ0n) is 20.7. The molecule has 0 amide bonds. The van der Waals surface area contributed by atoms with Gasteiger partial charge in [0, 0.05) is 51.4 Å². The first-order chi connectivity index (χ1) is 16.6. The number of aromatic nitrogens is 3. The Kier molecular flexibility index (Phi) is 6.75. The van der Waals surface area contributed by atoms with Gasteiger partial charge in [-0.15, -0.1) is 0 Å².